The Hall–Kier alpha value is -2.09. The largest absolute Gasteiger partial charge is 0.383 e. The summed E-state index contributed by atoms with van der Waals surface area (Å²) in [6.07, 6.45) is 0. The Kier molecular flexibility index (Phi) is 4.23. The smallest absolute Gasteiger partial charge is 0.125 e. The summed E-state index contributed by atoms with van der Waals surface area (Å²) in [6, 6.07) is 18.5. The monoisotopic (exact) mass is 266 g/mol. The first-order valence-electron chi connectivity index (χ1n) is 6.91. The zero-order chi connectivity index (χ0) is 14.6. The van der Waals surface area contributed by atoms with Gasteiger partial charge in [-0.25, -0.2) is 0 Å². The van der Waals surface area contributed by atoms with Crippen molar-refractivity contribution in [1.82, 2.24) is 0 Å². The van der Waals surface area contributed by atoms with Crippen molar-refractivity contribution in [3.63, 3.8) is 0 Å². The van der Waals surface area contributed by atoms with Gasteiger partial charge in [0.1, 0.15) is 5.84 Å². The van der Waals surface area contributed by atoms with E-state index in [0.717, 1.165) is 5.56 Å². The van der Waals surface area contributed by atoms with Crippen LogP contribution < -0.4 is 5.73 Å². The molecule has 2 N–H and O–H groups in total. The summed E-state index contributed by atoms with van der Waals surface area (Å²) in [4.78, 5) is 4.45. The SMILES string of the molecule is CC(C)(C)c1ccc(CN=C(N)c2ccccc2)cc1. The molecule has 0 saturated carbocycles. The highest BCUT2D eigenvalue weighted by Crippen LogP contribution is 2.22. The highest BCUT2D eigenvalue weighted by Gasteiger charge is 2.12. The van der Waals surface area contributed by atoms with E-state index in [9.17, 15) is 0 Å². The van der Waals surface area contributed by atoms with E-state index in [-0.39, 0.29) is 5.41 Å². The number of rotatable bonds is 3. The Morgan fingerprint density at radius 2 is 1.55 bits per heavy atom. The van der Waals surface area contributed by atoms with Crippen molar-refractivity contribution in [3.8, 4) is 0 Å². The molecule has 2 aromatic rings. The summed E-state index contributed by atoms with van der Waals surface area (Å²) < 4.78 is 0. The maximum absolute atomic E-state index is 5.99. The van der Waals surface area contributed by atoms with Gasteiger partial charge in [-0.05, 0) is 16.5 Å². The highest BCUT2D eigenvalue weighted by atomic mass is 14.8. The third-order valence-corrected chi connectivity index (χ3v) is 3.32. The van der Waals surface area contributed by atoms with Crippen molar-refractivity contribution in [3.05, 3.63) is 71.3 Å². The van der Waals surface area contributed by atoms with Crippen molar-refractivity contribution < 1.29 is 0 Å². The second kappa shape index (κ2) is 5.91. The second-order valence-corrected chi connectivity index (χ2v) is 6.01. The lowest BCUT2D eigenvalue weighted by molar-refractivity contribution is 0.590. The summed E-state index contributed by atoms with van der Waals surface area (Å²) in [6.45, 7) is 7.26. The molecule has 0 aliphatic carbocycles. The first kappa shape index (κ1) is 14.3. The minimum atomic E-state index is 0.185. The standard InChI is InChI=1S/C18H22N2/c1-18(2,3)16-11-9-14(10-12-16)13-20-17(19)15-7-5-4-6-8-15/h4-12H,13H2,1-3H3,(H2,19,20). The van der Waals surface area contributed by atoms with E-state index in [1.807, 2.05) is 30.3 Å². The highest BCUT2D eigenvalue weighted by molar-refractivity contribution is 5.97. The minimum absolute atomic E-state index is 0.185. The van der Waals surface area contributed by atoms with Crippen molar-refractivity contribution >= 4 is 5.84 Å². The Bertz CT molecular complexity index is 575. The van der Waals surface area contributed by atoms with E-state index in [0.29, 0.717) is 12.4 Å². The summed E-state index contributed by atoms with van der Waals surface area (Å²) in [5, 5.41) is 0. The molecular weight excluding hydrogens is 244 g/mol. The first-order chi connectivity index (χ1) is 9.47. The molecule has 104 valence electrons. The zero-order valence-electron chi connectivity index (χ0n) is 12.4. The molecule has 2 aromatic carbocycles. The van der Waals surface area contributed by atoms with Crippen LogP contribution in [0, 0.1) is 0 Å². The average molecular weight is 266 g/mol. The van der Waals surface area contributed by atoms with E-state index < -0.39 is 0 Å². The number of hydrogen-bond acceptors (Lipinski definition) is 1. The van der Waals surface area contributed by atoms with Crippen LogP contribution in [0.4, 0.5) is 0 Å². The van der Waals surface area contributed by atoms with Gasteiger partial charge >= 0.3 is 0 Å². The molecule has 0 spiro atoms. The fourth-order valence-corrected chi connectivity index (χ4v) is 1.99. The van der Waals surface area contributed by atoms with Gasteiger partial charge in [0.25, 0.3) is 0 Å². The third-order valence-electron chi connectivity index (χ3n) is 3.32. The number of nitrogens with zero attached hydrogens (tertiary/aromatic N) is 1. The molecule has 0 aliphatic rings. The van der Waals surface area contributed by atoms with Gasteiger partial charge in [-0.1, -0.05) is 75.4 Å². The zero-order valence-corrected chi connectivity index (χ0v) is 12.4. The molecule has 0 unspecified atom stereocenters. The van der Waals surface area contributed by atoms with Gasteiger partial charge in [0, 0.05) is 5.56 Å². The minimum Gasteiger partial charge on any atom is -0.383 e. The van der Waals surface area contributed by atoms with E-state index in [4.69, 9.17) is 5.73 Å². The fourth-order valence-electron chi connectivity index (χ4n) is 1.99. The molecule has 0 aromatic heterocycles. The van der Waals surface area contributed by atoms with E-state index in [2.05, 4.69) is 50.0 Å². The number of amidine groups is 1. The maximum atomic E-state index is 5.99. The molecule has 2 nitrogen and oxygen atoms in total. The Balaban J connectivity index is 2.08. The van der Waals surface area contributed by atoms with Crippen LogP contribution in [0.15, 0.2) is 59.6 Å². The lowest BCUT2D eigenvalue weighted by atomic mass is 9.87. The van der Waals surface area contributed by atoms with Gasteiger partial charge in [-0.15, -0.1) is 0 Å². The molecule has 0 atom stereocenters. The Labute approximate surface area is 121 Å². The number of hydrogen-bond donors (Lipinski definition) is 1. The van der Waals surface area contributed by atoms with Crippen LogP contribution in [0.1, 0.15) is 37.5 Å². The topological polar surface area (TPSA) is 38.4 Å². The molecule has 0 amide bonds. The molecule has 0 fully saturated rings. The second-order valence-electron chi connectivity index (χ2n) is 6.01. The van der Waals surface area contributed by atoms with E-state index >= 15 is 0 Å². The first-order valence-corrected chi connectivity index (χ1v) is 6.91. The number of nitrogens with two attached hydrogens (primary N) is 1. The number of aliphatic imine (C=N–C) groups is 1. The molecular formula is C18H22N2. The van der Waals surface area contributed by atoms with Gasteiger partial charge in [0.2, 0.25) is 0 Å². The lowest BCUT2D eigenvalue weighted by Gasteiger charge is -2.18. The van der Waals surface area contributed by atoms with Crippen LogP contribution in [-0.2, 0) is 12.0 Å². The summed E-state index contributed by atoms with van der Waals surface area (Å²) in [5.74, 6) is 0.588. The van der Waals surface area contributed by atoms with E-state index in [1.54, 1.807) is 0 Å². The normalized spacial score (nSPS) is 12.4. The van der Waals surface area contributed by atoms with Crippen molar-refractivity contribution in [2.24, 2.45) is 10.7 Å². The molecule has 2 heteroatoms. The molecule has 0 saturated heterocycles. The van der Waals surface area contributed by atoms with Gasteiger partial charge < -0.3 is 5.73 Å². The summed E-state index contributed by atoms with van der Waals surface area (Å²) in [5.41, 5.74) is 9.66. The van der Waals surface area contributed by atoms with Crippen LogP contribution in [-0.4, -0.2) is 5.84 Å². The van der Waals surface area contributed by atoms with Gasteiger partial charge in [-0.2, -0.15) is 0 Å². The predicted molar refractivity (Wildman–Crippen MR) is 86.0 cm³/mol. The van der Waals surface area contributed by atoms with Gasteiger partial charge in [0.05, 0.1) is 6.54 Å². The molecule has 0 bridgehead atoms. The fraction of sp³-hybridized carbons (Fsp3) is 0.278. The molecule has 20 heavy (non-hydrogen) atoms. The summed E-state index contributed by atoms with van der Waals surface area (Å²) >= 11 is 0. The Morgan fingerprint density at radius 3 is 2.10 bits per heavy atom. The molecule has 0 radical (unpaired) electrons. The molecule has 2 rings (SSSR count). The van der Waals surface area contributed by atoms with Gasteiger partial charge in [-0.3, -0.25) is 4.99 Å². The van der Waals surface area contributed by atoms with Crippen molar-refractivity contribution in [2.75, 3.05) is 0 Å². The van der Waals surface area contributed by atoms with Crippen LogP contribution in [0.25, 0.3) is 0 Å². The van der Waals surface area contributed by atoms with Crippen LogP contribution in [0.3, 0.4) is 0 Å². The Morgan fingerprint density at radius 1 is 0.950 bits per heavy atom. The quantitative estimate of drug-likeness (QED) is 0.664. The molecule has 0 aliphatic heterocycles. The van der Waals surface area contributed by atoms with Crippen LogP contribution in [0.2, 0.25) is 0 Å². The molecule has 0 heterocycles. The van der Waals surface area contributed by atoms with Crippen molar-refractivity contribution in [2.45, 2.75) is 32.7 Å². The van der Waals surface area contributed by atoms with Crippen LogP contribution in [0.5, 0.6) is 0 Å². The average Bonchev–Trinajstić information content (AvgIpc) is 2.45. The number of benzene rings is 2. The third kappa shape index (κ3) is 3.70. The van der Waals surface area contributed by atoms with Gasteiger partial charge in [0.15, 0.2) is 0 Å². The predicted octanol–water partition coefficient (Wildman–Crippen LogP) is 3.89. The summed E-state index contributed by atoms with van der Waals surface area (Å²) in [7, 11) is 0. The van der Waals surface area contributed by atoms with E-state index in [1.165, 1.54) is 11.1 Å². The van der Waals surface area contributed by atoms with Crippen LogP contribution >= 0.6 is 0 Å². The lowest BCUT2D eigenvalue weighted by Crippen LogP contribution is -2.13. The maximum Gasteiger partial charge on any atom is 0.125 e. The van der Waals surface area contributed by atoms with Crippen molar-refractivity contribution in [1.29, 1.82) is 0 Å².